The van der Waals surface area contributed by atoms with Crippen LogP contribution in [0, 0.1) is 0 Å². The van der Waals surface area contributed by atoms with Gasteiger partial charge >= 0.3 is 0 Å². The molecule has 1 aromatic heterocycles. The van der Waals surface area contributed by atoms with Gasteiger partial charge in [0.15, 0.2) is 0 Å². The number of nitrogens with one attached hydrogen (secondary N) is 1. The molecule has 0 saturated heterocycles. The lowest BCUT2D eigenvalue weighted by Gasteiger charge is -2.22. The van der Waals surface area contributed by atoms with E-state index in [4.69, 9.17) is 0 Å². The molecule has 0 bridgehead atoms. The molecule has 3 aromatic carbocycles. The number of nitrogens with zero attached hydrogens (tertiary/aromatic N) is 3. The Kier molecular flexibility index (Phi) is 6.01. The number of rotatable bonds is 5. The van der Waals surface area contributed by atoms with E-state index in [0.29, 0.717) is 16.3 Å². The lowest BCUT2D eigenvalue weighted by atomic mass is 10.1. The van der Waals surface area contributed by atoms with E-state index in [2.05, 4.69) is 45.5 Å². The second kappa shape index (κ2) is 9.60. The summed E-state index contributed by atoms with van der Waals surface area (Å²) in [6.07, 6.45) is 1.68. The summed E-state index contributed by atoms with van der Waals surface area (Å²) in [5.74, 6) is -0.467. The number of pyridine rings is 1. The molecule has 4 aromatic rings. The smallest absolute Gasteiger partial charge is 0.261 e. The predicted molar refractivity (Wildman–Crippen MR) is 141 cm³/mol. The Morgan fingerprint density at radius 3 is 2.61 bits per heavy atom. The quantitative estimate of drug-likeness (QED) is 0.407. The van der Waals surface area contributed by atoms with Crippen molar-refractivity contribution in [2.75, 3.05) is 16.8 Å². The van der Waals surface area contributed by atoms with E-state index in [1.165, 1.54) is 28.5 Å². The predicted octanol–water partition coefficient (Wildman–Crippen LogP) is 5.35. The van der Waals surface area contributed by atoms with Crippen molar-refractivity contribution in [2.24, 2.45) is 0 Å². The third kappa shape index (κ3) is 4.51. The molecule has 6 rings (SSSR count). The van der Waals surface area contributed by atoms with Crippen molar-refractivity contribution in [2.45, 2.75) is 29.6 Å². The van der Waals surface area contributed by atoms with Crippen LogP contribution in [0.2, 0.25) is 0 Å². The van der Waals surface area contributed by atoms with Crippen LogP contribution in [0.3, 0.4) is 0 Å². The van der Waals surface area contributed by atoms with Gasteiger partial charge in [0.1, 0.15) is 11.6 Å². The summed E-state index contributed by atoms with van der Waals surface area (Å²) in [6.45, 7) is 2.54. The number of anilines is 2. The van der Waals surface area contributed by atoms with Crippen LogP contribution < -0.4 is 10.2 Å². The highest BCUT2D eigenvalue weighted by atomic mass is 32.2. The fraction of sp³-hybridized carbons (Fsp3) is 0.138. The first-order chi connectivity index (χ1) is 17.6. The van der Waals surface area contributed by atoms with Crippen molar-refractivity contribution >= 4 is 35.0 Å². The number of hydrogen-bond donors (Lipinski definition) is 1. The summed E-state index contributed by atoms with van der Waals surface area (Å²) in [5.41, 5.74) is 5.75. The number of amides is 2. The number of carbonyl (C=O) groups excluding carboxylic acids is 2. The molecule has 2 amide bonds. The summed E-state index contributed by atoms with van der Waals surface area (Å²) in [6, 6.07) is 27.6. The van der Waals surface area contributed by atoms with E-state index >= 15 is 0 Å². The van der Waals surface area contributed by atoms with Crippen LogP contribution in [-0.4, -0.2) is 28.2 Å². The van der Waals surface area contributed by atoms with Gasteiger partial charge in [0, 0.05) is 36.4 Å². The van der Waals surface area contributed by atoms with Crippen LogP contribution in [0.25, 0.3) is 0 Å². The van der Waals surface area contributed by atoms with E-state index in [1.54, 1.807) is 23.2 Å². The number of aromatic nitrogens is 1. The van der Waals surface area contributed by atoms with Gasteiger partial charge in [-0.1, -0.05) is 60.3 Å². The standard InChI is InChI=1S/C29H24N4O2S/c34-27(19-33-25-10-4-5-11-26(25)36-28-24(29(33)35)9-6-14-30-28)31-23-13-12-21-17-32(18-22(21)15-23)16-20-7-2-1-3-8-20/h1-15H,16-19H2,(H,31,34). The van der Waals surface area contributed by atoms with Gasteiger partial charge in [0.25, 0.3) is 5.91 Å². The molecule has 0 saturated carbocycles. The number of fused-ring (bicyclic) bond motifs is 3. The molecular weight excluding hydrogens is 468 g/mol. The van der Waals surface area contributed by atoms with Crippen LogP contribution in [0.5, 0.6) is 0 Å². The molecule has 0 atom stereocenters. The van der Waals surface area contributed by atoms with Gasteiger partial charge in [-0.3, -0.25) is 19.4 Å². The second-order valence-corrected chi connectivity index (χ2v) is 10.0. The van der Waals surface area contributed by atoms with E-state index in [0.717, 1.165) is 30.2 Å². The van der Waals surface area contributed by atoms with Crippen molar-refractivity contribution in [1.29, 1.82) is 0 Å². The third-order valence-corrected chi connectivity index (χ3v) is 7.52. The molecule has 0 spiro atoms. The van der Waals surface area contributed by atoms with Crippen LogP contribution in [0.1, 0.15) is 27.0 Å². The Morgan fingerprint density at radius 1 is 0.917 bits per heavy atom. The molecule has 0 fully saturated rings. The van der Waals surface area contributed by atoms with Crippen LogP contribution in [-0.2, 0) is 24.4 Å². The molecule has 2 aliphatic heterocycles. The topological polar surface area (TPSA) is 65.5 Å². The van der Waals surface area contributed by atoms with Crippen LogP contribution in [0.4, 0.5) is 11.4 Å². The van der Waals surface area contributed by atoms with Gasteiger partial charge in [-0.05, 0) is 53.1 Å². The summed E-state index contributed by atoms with van der Waals surface area (Å²) >= 11 is 1.45. The largest absolute Gasteiger partial charge is 0.325 e. The normalized spacial score (nSPS) is 14.6. The van der Waals surface area contributed by atoms with Crippen molar-refractivity contribution in [3.8, 4) is 0 Å². The Hall–Kier alpha value is -3.94. The Labute approximate surface area is 214 Å². The lowest BCUT2D eigenvalue weighted by Crippen LogP contribution is -2.38. The summed E-state index contributed by atoms with van der Waals surface area (Å²) < 4.78 is 0. The molecule has 2 aliphatic rings. The number of hydrogen-bond acceptors (Lipinski definition) is 5. The van der Waals surface area contributed by atoms with Crippen molar-refractivity contribution < 1.29 is 9.59 Å². The molecular formula is C29H24N4O2S. The Bertz CT molecular complexity index is 1460. The molecule has 0 aliphatic carbocycles. The first-order valence-electron chi connectivity index (χ1n) is 11.9. The van der Waals surface area contributed by atoms with Crippen molar-refractivity contribution in [1.82, 2.24) is 9.88 Å². The number of carbonyl (C=O) groups is 2. The maximum Gasteiger partial charge on any atom is 0.261 e. The molecule has 0 radical (unpaired) electrons. The highest BCUT2D eigenvalue weighted by Crippen LogP contribution is 2.40. The fourth-order valence-corrected chi connectivity index (χ4v) is 5.77. The van der Waals surface area contributed by atoms with Crippen molar-refractivity contribution in [3.05, 3.63) is 113 Å². The third-order valence-electron chi connectivity index (χ3n) is 6.44. The zero-order valence-corrected chi connectivity index (χ0v) is 20.4. The Balaban J connectivity index is 1.18. The molecule has 3 heterocycles. The maximum absolute atomic E-state index is 13.4. The average molecular weight is 493 g/mol. The SMILES string of the molecule is O=C(CN1C(=O)c2cccnc2Sc2ccccc21)Nc1ccc2c(c1)CN(Cc1ccccc1)C2. The van der Waals surface area contributed by atoms with Crippen LogP contribution in [0.15, 0.2) is 101 Å². The van der Waals surface area contributed by atoms with Gasteiger partial charge in [0.2, 0.25) is 5.91 Å². The van der Waals surface area contributed by atoms with Gasteiger partial charge in [-0.15, -0.1) is 0 Å². The van der Waals surface area contributed by atoms with E-state index in [-0.39, 0.29) is 18.4 Å². The van der Waals surface area contributed by atoms with Gasteiger partial charge in [-0.25, -0.2) is 4.98 Å². The maximum atomic E-state index is 13.4. The molecule has 7 heteroatoms. The van der Waals surface area contributed by atoms with E-state index in [1.807, 2.05) is 42.5 Å². The van der Waals surface area contributed by atoms with Gasteiger partial charge < -0.3 is 5.32 Å². The van der Waals surface area contributed by atoms with Crippen molar-refractivity contribution in [3.63, 3.8) is 0 Å². The molecule has 1 N–H and O–H groups in total. The van der Waals surface area contributed by atoms with E-state index < -0.39 is 0 Å². The lowest BCUT2D eigenvalue weighted by molar-refractivity contribution is -0.114. The molecule has 178 valence electrons. The number of benzene rings is 3. The summed E-state index contributed by atoms with van der Waals surface area (Å²) in [5, 5.41) is 3.66. The summed E-state index contributed by atoms with van der Waals surface area (Å²) in [7, 11) is 0. The average Bonchev–Trinajstić information content (AvgIpc) is 3.25. The molecule has 36 heavy (non-hydrogen) atoms. The number of para-hydroxylation sites is 1. The summed E-state index contributed by atoms with van der Waals surface area (Å²) in [4.78, 5) is 35.8. The second-order valence-electron chi connectivity index (χ2n) is 8.98. The molecule has 6 nitrogen and oxygen atoms in total. The minimum Gasteiger partial charge on any atom is -0.325 e. The van der Waals surface area contributed by atoms with Crippen LogP contribution >= 0.6 is 11.8 Å². The first kappa shape index (κ1) is 22.5. The highest BCUT2D eigenvalue weighted by molar-refractivity contribution is 7.99. The Morgan fingerprint density at radius 2 is 1.72 bits per heavy atom. The van der Waals surface area contributed by atoms with Gasteiger partial charge in [-0.2, -0.15) is 0 Å². The monoisotopic (exact) mass is 492 g/mol. The first-order valence-corrected chi connectivity index (χ1v) is 12.7. The van der Waals surface area contributed by atoms with E-state index in [9.17, 15) is 9.59 Å². The van der Waals surface area contributed by atoms with Gasteiger partial charge in [0.05, 0.1) is 11.3 Å². The minimum atomic E-state index is -0.241. The molecule has 0 unspecified atom stereocenters. The highest BCUT2D eigenvalue weighted by Gasteiger charge is 2.29. The minimum absolute atomic E-state index is 0.0814. The zero-order chi connectivity index (χ0) is 24.5. The zero-order valence-electron chi connectivity index (χ0n) is 19.6. The fourth-order valence-electron chi connectivity index (χ4n) is 4.76.